The highest BCUT2D eigenvalue weighted by molar-refractivity contribution is 9.10. The van der Waals surface area contributed by atoms with Crippen molar-refractivity contribution in [1.82, 2.24) is 19.7 Å². The van der Waals surface area contributed by atoms with E-state index >= 15 is 0 Å². The average Bonchev–Trinajstić information content (AvgIpc) is 3.17. The molecule has 3 aromatic rings. The lowest BCUT2D eigenvalue weighted by Crippen LogP contribution is -2.16. The van der Waals surface area contributed by atoms with E-state index in [2.05, 4.69) is 62.4 Å². The molecule has 0 fully saturated rings. The van der Waals surface area contributed by atoms with Crippen LogP contribution < -0.4 is 10.1 Å². The van der Waals surface area contributed by atoms with Crippen molar-refractivity contribution < 1.29 is 9.53 Å². The van der Waals surface area contributed by atoms with Crippen LogP contribution in [0.15, 0.2) is 52.2 Å². The Morgan fingerprint density at radius 3 is 2.52 bits per heavy atom. The van der Waals surface area contributed by atoms with E-state index in [4.69, 9.17) is 4.74 Å². The normalized spacial score (nSPS) is 12.1. The van der Waals surface area contributed by atoms with Crippen LogP contribution in [0.4, 0.5) is 5.82 Å². The molecule has 7 nitrogen and oxygen atoms in total. The van der Waals surface area contributed by atoms with Gasteiger partial charge in [0.15, 0.2) is 17.1 Å². The zero-order valence-electron chi connectivity index (χ0n) is 18.0. The number of benzene rings is 1. The Morgan fingerprint density at radius 1 is 1.16 bits per heavy atom. The molecule has 2 heterocycles. The maximum absolute atomic E-state index is 12.3. The number of ether oxygens (including phenoxy) is 1. The van der Waals surface area contributed by atoms with Crippen molar-refractivity contribution >= 4 is 39.4 Å². The molecule has 0 saturated heterocycles. The third-order valence-corrected chi connectivity index (χ3v) is 6.05. The fourth-order valence-corrected chi connectivity index (χ4v) is 4.00. The summed E-state index contributed by atoms with van der Waals surface area (Å²) in [7, 11) is 0. The van der Waals surface area contributed by atoms with Gasteiger partial charge in [0.1, 0.15) is 11.6 Å². The average molecular weight is 504 g/mol. The van der Waals surface area contributed by atoms with Gasteiger partial charge in [-0.2, -0.15) is 0 Å². The SMILES string of the molecule is CCn1c(SCC(=O)Nc2ccc(Br)cn2)nnc1C(C)Oc1ccc(C(C)C)cc1. The van der Waals surface area contributed by atoms with E-state index in [0.29, 0.717) is 23.4 Å². The van der Waals surface area contributed by atoms with Gasteiger partial charge < -0.3 is 14.6 Å². The Morgan fingerprint density at radius 2 is 1.90 bits per heavy atom. The summed E-state index contributed by atoms with van der Waals surface area (Å²) in [5.74, 6) is 2.57. The second-order valence-electron chi connectivity index (χ2n) is 7.27. The molecule has 3 rings (SSSR count). The molecule has 9 heteroatoms. The summed E-state index contributed by atoms with van der Waals surface area (Å²) in [6.07, 6.45) is 1.37. The van der Waals surface area contributed by atoms with Gasteiger partial charge in [0.25, 0.3) is 0 Å². The molecule has 1 amide bonds. The second-order valence-corrected chi connectivity index (χ2v) is 9.13. The number of nitrogens with one attached hydrogen (secondary N) is 1. The van der Waals surface area contributed by atoms with Crippen LogP contribution in [0.25, 0.3) is 0 Å². The topological polar surface area (TPSA) is 81.9 Å². The standard InChI is InChI=1S/C22H26BrN5O2S/c1-5-28-21(15(4)30-18-9-6-16(7-10-18)14(2)3)26-27-22(28)31-13-20(29)25-19-11-8-17(23)12-24-19/h6-12,14-15H,5,13H2,1-4H3,(H,24,25,29). The van der Waals surface area contributed by atoms with Crippen LogP contribution in [0.2, 0.25) is 0 Å². The van der Waals surface area contributed by atoms with Crippen LogP contribution in [0.5, 0.6) is 5.75 Å². The lowest BCUT2D eigenvalue weighted by Gasteiger charge is -2.16. The molecule has 0 saturated carbocycles. The monoisotopic (exact) mass is 503 g/mol. The smallest absolute Gasteiger partial charge is 0.236 e. The number of rotatable bonds is 9. The number of nitrogens with zero attached hydrogens (tertiary/aromatic N) is 4. The Bertz CT molecular complexity index is 1010. The van der Waals surface area contributed by atoms with Gasteiger partial charge >= 0.3 is 0 Å². The quantitative estimate of drug-likeness (QED) is 0.391. The zero-order valence-corrected chi connectivity index (χ0v) is 20.4. The van der Waals surface area contributed by atoms with E-state index in [9.17, 15) is 4.79 Å². The van der Waals surface area contributed by atoms with Crippen LogP contribution in [-0.4, -0.2) is 31.4 Å². The summed E-state index contributed by atoms with van der Waals surface area (Å²) in [4.78, 5) is 16.4. The molecule has 0 spiro atoms. The number of hydrogen-bond acceptors (Lipinski definition) is 6. The number of aromatic nitrogens is 4. The molecule has 164 valence electrons. The van der Waals surface area contributed by atoms with Gasteiger partial charge in [-0.1, -0.05) is 37.7 Å². The minimum atomic E-state index is -0.271. The summed E-state index contributed by atoms with van der Waals surface area (Å²) in [5, 5.41) is 12.1. The fourth-order valence-electron chi connectivity index (χ4n) is 2.95. The van der Waals surface area contributed by atoms with Gasteiger partial charge in [0.05, 0.1) is 5.75 Å². The molecule has 31 heavy (non-hydrogen) atoms. The molecule has 0 radical (unpaired) electrons. The van der Waals surface area contributed by atoms with Gasteiger partial charge in [-0.15, -0.1) is 10.2 Å². The van der Waals surface area contributed by atoms with Crippen molar-refractivity contribution in [2.45, 2.75) is 51.4 Å². The van der Waals surface area contributed by atoms with Crippen LogP contribution in [0.3, 0.4) is 0 Å². The number of thioether (sulfide) groups is 1. The molecule has 0 aliphatic heterocycles. The lowest BCUT2D eigenvalue weighted by molar-refractivity contribution is -0.113. The largest absolute Gasteiger partial charge is 0.483 e. The van der Waals surface area contributed by atoms with Crippen molar-refractivity contribution in [3.05, 3.63) is 58.5 Å². The summed E-state index contributed by atoms with van der Waals surface area (Å²) in [6, 6.07) is 11.7. The molecule has 2 aromatic heterocycles. The fraction of sp³-hybridized carbons (Fsp3) is 0.364. The number of carbonyl (C=O) groups is 1. The van der Waals surface area contributed by atoms with Crippen molar-refractivity contribution in [2.75, 3.05) is 11.1 Å². The van der Waals surface area contributed by atoms with Crippen molar-refractivity contribution in [1.29, 1.82) is 0 Å². The number of amides is 1. The summed E-state index contributed by atoms with van der Waals surface area (Å²) in [5.41, 5.74) is 1.27. The third kappa shape index (κ3) is 6.30. The Hall–Kier alpha value is -2.39. The minimum absolute atomic E-state index is 0.151. The van der Waals surface area contributed by atoms with Crippen LogP contribution >= 0.6 is 27.7 Å². The predicted molar refractivity (Wildman–Crippen MR) is 127 cm³/mol. The molecule has 0 aliphatic carbocycles. The van der Waals surface area contributed by atoms with Gasteiger partial charge in [0, 0.05) is 17.2 Å². The Kier molecular flexibility index (Phi) is 8.09. The van der Waals surface area contributed by atoms with Crippen LogP contribution in [0, 0.1) is 0 Å². The first-order valence-electron chi connectivity index (χ1n) is 10.1. The highest BCUT2D eigenvalue weighted by Gasteiger charge is 2.19. The number of carbonyl (C=O) groups excluding carboxylic acids is 1. The Labute approximate surface area is 195 Å². The van der Waals surface area contributed by atoms with Gasteiger partial charge in [0.2, 0.25) is 5.91 Å². The van der Waals surface area contributed by atoms with Crippen molar-refractivity contribution in [3.8, 4) is 5.75 Å². The molecule has 1 unspecified atom stereocenters. The van der Waals surface area contributed by atoms with E-state index in [1.165, 1.54) is 17.3 Å². The van der Waals surface area contributed by atoms with Gasteiger partial charge in [-0.25, -0.2) is 4.98 Å². The summed E-state index contributed by atoms with van der Waals surface area (Å²) in [6.45, 7) is 8.98. The van der Waals surface area contributed by atoms with E-state index < -0.39 is 0 Å². The van der Waals surface area contributed by atoms with E-state index in [1.54, 1.807) is 12.3 Å². The number of anilines is 1. The zero-order chi connectivity index (χ0) is 22.4. The first kappa shape index (κ1) is 23.3. The molecule has 0 aliphatic rings. The first-order chi connectivity index (χ1) is 14.9. The summed E-state index contributed by atoms with van der Waals surface area (Å²) < 4.78 is 8.91. The first-order valence-corrected chi connectivity index (χ1v) is 11.9. The van der Waals surface area contributed by atoms with Crippen molar-refractivity contribution in [2.24, 2.45) is 0 Å². The third-order valence-electron chi connectivity index (χ3n) is 4.61. The molecule has 0 bridgehead atoms. The van der Waals surface area contributed by atoms with Crippen LogP contribution in [-0.2, 0) is 11.3 Å². The summed E-state index contributed by atoms with van der Waals surface area (Å²) >= 11 is 4.66. The predicted octanol–water partition coefficient (Wildman–Crippen LogP) is 5.45. The molecular formula is C22H26BrN5O2S. The lowest BCUT2D eigenvalue weighted by atomic mass is 10.0. The van der Waals surface area contributed by atoms with E-state index in [1.807, 2.05) is 36.6 Å². The van der Waals surface area contributed by atoms with Gasteiger partial charge in [-0.05, 0) is 65.5 Å². The highest BCUT2D eigenvalue weighted by Crippen LogP contribution is 2.26. The van der Waals surface area contributed by atoms with Gasteiger partial charge in [-0.3, -0.25) is 4.79 Å². The van der Waals surface area contributed by atoms with Crippen molar-refractivity contribution in [3.63, 3.8) is 0 Å². The molecular weight excluding hydrogens is 478 g/mol. The second kappa shape index (κ2) is 10.8. The number of hydrogen-bond donors (Lipinski definition) is 1. The molecule has 1 N–H and O–H groups in total. The molecule has 1 aromatic carbocycles. The van der Waals surface area contributed by atoms with E-state index in [0.717, 1.165) is 16.0 Å². The number of halogens is 1. The molecule has 1 atom stereocenters. The maximum atomic E-state index is 12.3. The van der Waals surface area contributed by atoms with Crippen LogP contribution in [0.1, 0.15) is 51.1 Å². The maximum Gasteiger partial charge on any atom is 0.236 e. The number of pyridine rings is 1. The Balaban J connectivity index is 1.61. The highest BCUT2D eigenvalue weighted by atomic mass is 79.9. The minimum Gasteiger partial charge on any atom is -0.483 e. The van der Waals surface area contributed by atoms with E-state index in [-0.39, 0.29) is 17.8 Å².